The Morgan fingerprint density at radius 3 is 2.27 bits per heavy atom. The summed E-state index contributed by atoms with van der Waals surface area (Å²) < 4.78 is 0. The van der Waals surface area contributed by atoms with Crippen LogP contribution in [-0.4, -0.2) is 17.0 Å². The fourth-order valence-corrected chi connectivity index (χ4v) is 3.42. The molecule has 0 aromatic heterocycles. The van der Waals surface area contributed by atoms with Crippen molar-refractivity contribution in [2.24, 2.45) is 23.7 Å². The van der Waals surface area contributed by atoms with Crippen LogP contribution in [0, 0.1) is 23.7 Å². The van der Waals surface area contributed by atoms with Crippen LogP contribution >= 0.6 is 11.6 Å². The molecule has 0 heterocycles. The van der Waals surface area contributed by atoms with Crippen molar-refractivity contribution in [2.75, 3.05) is 0 Å². The maximum absolute atomic E-state index is 12.4. The summed E-state index contributed by atoms with van der Waals surface area (Å²) in [5.74, 6) is -0.901. The lowest BCUT2D eigenvalue weighted by Gasteiger charge is -2.33. The van der Waals surface area contributed by atoms with Crippen LogP contribution < -0.4 is 5.32 Å². The van der Waals surface area contributed by atoms with Crippen LogP contribution in [0.1, 0.15) is 37.8 Å². The van der Waals surface area contributed by atoms with Crippen LogP contribution in [-0.2, 0) is 9.59 Å². The van der Waals surface area contributed by atoms with Crippen LogP contribution in [0.3, 0.4) is 0 Å². The normalized spacial score (nSPS) is 31.0. The number of amides is 1. The second kappa shape index (κ2) is 5.92. The molecule has 5 unspecified atom stereocenters. The number of rotatable bonds is 5. The minimum atomic E-state index is -0.866. The van der Waals surface area contributed by atoms with Gasteiger partial charge in [-0.3, -0.25) is 9.59 Å². The Balaban J connectivity index is 1.72. The highest BCUT2D eigenvalue weighted by Crippen LogP contribution is 2.47. The zero-order valence-corrected chi connectivity index (χ0v) is 13.2. The molecule has 0 saturated heterocycles. The summed E-state index contributed by atoms with van der Waals surface area (Å²) in [6, 6.07) is 7.48. The van der Waals surface area contributed by atoms with Crippen molar-refractivity contribution in [1.82, 2.24) is 5.32 Å². The van der Waals surface area contributed by atoms with Crippen LogP contribution in [0.5, 0.6) is 0 Å². The van der Waals surface area contributed by atoms with E-state index < -0.39 is 11.9 Å². The maximum atomic E-state index is 12.4. The minimum absolute atomic E-state index is 0.0465. The van der Waals surface area contributed by atoms with Gasteiger partial charge in [-0.1, -0.05) is 30.7 Å². The van der Waals surface area contributed by atoms with Crippen molar-refractivity contribution in [2.45, 2.75) is 32.2 Å². The minimum Gasteiger partial charge on any atom is -0.481 e. The summed E-state index contributed by atoms with van der Waals surface area (Å²) in [7, 11) is 0. The van der Waals surface area contributed by atoms with E-state index in [-0.39, 0.29) is 17.9 Å². The monoisotopic (exact) mass is 321 g/mol. The maximum Gasteiger partial charge on any atom is 0.307 e. The van der Waals surface area contributed by atoms with Crippen LogP contribution in [0.4, 0.5) is 0 Å². The molecule has 0 radical (unpaired) electrons. The lowest BCUT2D eigenvalue weighted by Crippen LogP contribution is -2.45. The molecule has 4 nitrogen and oxygen atoms in total. The topological polar surface area (TPSA) is 66.4 Å². The Morgan fingerprint density at radius 1 is 1.23 bits per heavy atom. The predicted octanol–water partition coefficient (Wildman–Crippen LogP) is 3.26. The zero-order valence-electron chi connectivity index (χ0n) is 12.5. The lowest BCUT2D eigenvalue weighted by molar-refractivity contribution is -0.153. The first-order valence-electron chi connectivity index (χ1n) is 7.76. The van der Waals surface area contributed by atoms with Gasteiger partial charge < -0.3 is 10.4 Å². The summed E-state index contributed by atoms with van der Waals surface area (Å²) in [4.78, 5) is 23.5. The number of hydrogen-bond donors (Lipinski definition) is 2. The van der Waals surface area contributed by atoms with Crippen molar-refractivity contribution in [3.8, 4) is 0 Å². The van der Waals surface area contributed by atoms with Crippen molar-refractivity contribution in [3.05, 3.63) is 34.9 Å². The van der Waals surface area contributed by atoms with Gasteiger partial charge in [0.1, 0.15) is 0 Å². The zero-order chi connectivity index (χ0) is 15.9. The Labute approximate surface area is 134 Å². The molecule has 5 heteroatoms. The number of carbonyl (C=O) groups is 2. The average molecular weight is 322 g/mol. The number of aliphatic carboxylic acids is 1. The average Bonchev–Trinajstić information content (AvgIpc) is 3.12. The van der Waals surface area contributed by atoms with Crippen molar-refractivity contribution in [3.63, 3.8) is 0 Å². The predicted molar refractivity (Wildman–Crippen MR) is 83.5 cm³/mol. The van der Waals surface area contributed by atoms with Crippen LogP contribution in [0.25, 0.3) is 0 Å². The second-order valence-corrected chi connectivity index (χ2v) is 6.98. The fourth-order valence-electron chi connectivity index (χ4n) is 3.29. The molecule has 1 aromatic carbocycles. The van der Waals surface area contributed by atoms with E-state index in [2.05, 4.69) is 12.2 Å². The van der Waals surface area contributed by atoms with Gasteiger partial charge >= 0.3 is 5.97 Å². The third-order valence-electron chi connectivity index (χ3n) is 5.06. The Bertz CT molecular complexity index is 586. The Hall–Kier alpha value is -1.55. The number of nitrogens with one attached hydrogen (secondary N) is 1. The summed E-state index contributed by atoms with van der Waals surface area (Å²) >= 11 is 5.93. The molecule has 3 rings (SSSR count). The highest BCUT2D eigenvalue weighted by atomic mass is 35.5. The summed E-state index contributed by atoms with van der Waals surface area (Å²) in [6.45, 7) is 2.17. The third-order valence-corrected chi connectivity index (χ3v) is 5.31. The van der Waals surface area contributed by atoms with E-state index in [1.54, 1.807) is 0 Å². The van der Waals surface area contributed by atoms with E-state index in [1.807, 2.05) is 24.3 Å². The fraction of sp³-hybridized carbons (Fsp3) is 0.529. The van der Waals surface area contributed by atoms with Crippen molar-refractivity contribution in [1.29, 1.82) is 0 Å². The smallest absolute Gasteiger partial charge is 0.307 e. The van der Waals surface area contributed by atoms with E-state index in [1.165, 1.54) is 0 Å². The number of carboxylic acid groups (broad SMARTS) is 1. The van der Waals surface area contributed by atoms with E-state index in [0.29, 0.717) is 29.7 Å². The summed E-state index contributed by atoms with van der Waals surface area (Å²) in [5.41, 5.74) is 1.04. The van der Waals surface area contributed by atoms with Gasteiger partial charge in [0, 0.05) is 5.02 Å². The summed E-state index contributed by atoms with van der Waals surface area (Å²) in [6.07, 6.45) is 2.34. The number of hydrogen-bond acceptors (Lipinski definition) is 2. The molecule has 1 amide bonds. The molecule has 2 aliphatic carbocycles. The van der Waals surface area contributed by atoms with Gasteiger partial charge in [0.2, 0.25) is 5.91 Å². The molecule has 0 aliphatic heterocycles. The first-order chi connectivity index (χ1) is 10.5. The number of carboxylic acids is 1. The van der Waals surface area contributed by atoms with Crippen LogP contribution in [0.2, 0.25) is 5.02 Å². The molecule has 2 aliphatic rings. The van der Waals surface area contributed by atoms with Crippen molar-refractivity contribution >= 4 is 23.5 Å². The summed E-state index contributed by atoms with van der Waals surface area (Å²) in [5, 5.41) is 12.9. The lowest BCUT2D eigenvalue weighted by atomic mass is 9.73. The van der Waals surface area contributed by atoms with Gasteiger partial charge in [-0.05, 0) is 48.8 Å². The quantitative estimate of drug-likeness (QED) is 0.874. The molecule has 2 N–H and O–H groups in total. The molecule has 2 saturated carbocycles. The number of carbonyl (C=O) groups excluding carboxylic acids is 1. The van der Waals surface area contributed by atoms with Crippen molar-refractivity contribution < 1.29 is 14.7 Å². The highest BCUT2D eigenvalue weighted by Gasteiger charge is 2.45. The molecule has 2 fully saturated rings. The van der Waals surface area contributed by atoms with Crippen LogP contribution in [0.15, 0.2) is 24.3 Å². The number of halogens is 1. The third kappa shape index (κ3) is 2.98. The second-order valence-electron chi connectivity index (χ2n) is 6.54. The Kier molecular flexibility index (Phi) is 4.13. The molecular weight excluding hydrogens is 302 g/mol. The van der Waals surface area contributed by atoms with Gasteiger partial charge in [0.15, 0.2) is 0 Å². The SMILES string of the molecule is CC1CC1C(NC(=O)C1CCC1C(=O)O)c1ccc(Cl)cc1. The van der Waals surface area contributed by atoms with Gasteiger partial charge in [0.05, 0.1) is 17.9 Å². The van der Waals surface area contributed by atoms with Gasteiger partial charge in [-0.2, -0.15) is 0 Å². The standard InChI is InChI=1S/C17H20ClNO3/c1-9-8-14(9)15(10-2-4-11(18)5-3-10)19-16(20)12-6-7-13(12)17(21)22/h2-5,9,12-15H,6-8H2,1H3,(H,19,20)(H,21,22). The van der Waals surface area contributed by atoms with E-state index in [9.17, 15) is 9.59 Å². The molecular formula is C17H20ClNO3. The van der Waals surface area contributed by atoms with Gasteiger partial charge in [-0.15, -0.1) is 0 Å². The van der Waals surface area contributed by atoms with E-state index in [4.69, 9.17) is 16.7 Å². The molecule has 22 heavy (non-hydrogen) atoms. The first-order valence-corrected chi connectivity index (χ1v) is 8.14. The number of benzene rings is 1. The highest BCUT2D eigenvalue weighted by molar-refractivity contribution is 6.30. The van der Waals surface area contributed by atoms with Gasteiger partial charge in [-0.25, -0.2) is 0 Å². The van der Waals surface area contributed by atoms with E-state index in [0.717, 1.165) is 12.0 Å². The molecule has 5 atom stereocenters. The first kappa shape index (κ1) is 15.3. The Morgan fingerprint density at radius 2 is 1.82 bits per heavy atom. The molecule has 1 aromatic rings. The largest absolute Gasteiger partial charge is 0.481 e. The van der Waals surface area contributed by atoms with E-state index >= 15 is 0 Å². The van der Waals surface area contributed by atoms with Gasteiger partial charge in [0.25, 0.3) is 0 Å². The molecule has 118 valence electrons. The molecule has 0 bridgehead atoms. The molecule has 0 spiro atoms.